The Kier molecular flexibility index (Phi) is 5.97. The molecular weight excluding hydrogens is 498 g/mol. The number of nitrogens with zero attached hydrogens (tertiary/aromatic N) is 5. The maximum absolute atomic E-state index is 13.0. The fourth-order valence-corrected chi connectivity index (χ4v) is 7.08. The van der Waals surface area contributed by atoms with E-state index in [4.69, 9.17) is 10.6 Å². The molecule has 0 aliphatic carbocycles. The first-order valence-electron chi connectivity index (χ1n) is 11.1. The zero-order chi connectivity index (χ0) is 25.0. The van der Waals surface area contributed by atoms with Gasteiger partial charge in [-0.3, -0.25) is 14.5 Å². The number of thioether (sulfide) groups is 1. The normalized spacial score (nSPS) is 32.2. The Bertz CT molecular complexity index is 1130. The summed E-state index contributed by atoms with van der Waals surface area (Å²) in [5.74, 6) is -1.96. The minimum absolute atomic E-state index is 0.00267. The summed E-state index contributed by atoms with van der Waals surface area (Å²) in [6, 6.07) is -0.923. The predicted octanol–water partition coefficient (Wildman–Crippen LogP) is -1.05. The van der Waals surface area contributed by atoms with Crippen LogP contribution in [0.5, 0.6) is 0 Å². The first-order chi connectivity index (χ1) is 16.7. The fourth-order valence-electron chi connectivity index (χ4n) is 5.31. The van der Waals surface area contributed by atoms with Crippen molar-refractivity contribution in [2.24, 2.45) is 5.16 Å². The number of carbonyl (C=O) groups excluding carboxylic acids is 2. The number of β-lactam (4-membered cyclic amide) rings is 1. The number of carboxylic acid groups (broad SMARTS) is 1. The third-order valence-corrected chi connectivity index (χ3v) is 9.15. The number of oxime groups is 1. The number of quaternary nitrogens is 1. The van der Waals surface area contributed by atoms with E-state index in [1.807, 2.05) is 0 Å². The molecule has 6 rings (SSSR count). The Morgan fingerprint density at radius 2 is 2.03 bits per heavy atom. The minimum Gasteiger partial charge on any atom is -0.477 e. The highest BCUT2D eigenvalue weighted by atomic mass is 32.2. The number of carboxylic acids is 1. The van der Waals surface area contributed by atoms with Crippen molar-refractivity contribution >= 4 is 51.9 Å². The lowest BCUT2D eigenvalue weighted by Crippen LogP contribution is -2.71. The van der Waals surface area contributed by atoms with Crippen LogP contribution in [0.25, 0.3) is 0 Å². The highest BCUT2D eigenvalue weighted by molar-refractivity contribution is 8.00. The van der Waals surface area contributed by atoms with Crippen LogP contribution in [0.2, 0.25) is 0 Å². The van der Waals surface area contributed by atoms with Gasteiger partial charge in [0.1, 0.15) is 30.8 Å². The van der Waals surface area contributed by atoms with E-state index in [2.05, 4.69) is 19.8 Å². The third kappa shape index (κ3) is 4.15. The number of nitrogens with two attached hydrogens (primary N) is 1. The smallest absolute Gasteiger partial charge is 0.352 e. The van der Waals surface area contributed by atoms with Crippen LogP contribution in [-0.4, -0.2) is 109 Å². The Hall–Kier alpha value is -2.75. The number of aliphatic carboxylic acids is 1. The highest BCUT2D eigenvalue weighted by Gasteiger charge is 2.56. The van der Waals surface area contributed by atoms with Crippen molar-refractivity contribution in [2.75, 3.05) is 44.8 Å². The summed E-state index contributed by atoms with van der Waals surface area (Å²) < 4.78 is 4.70. The average molecular weight is 525 g/mol. The average Bonchev–Trinajstić information content (AvgIpc) is 3.27. The number of carbonyl (C=O) groups is 3. The van der Waals surface area contributed by atoms with Crippen LogP contribution in [0.1, 0.15) is 25.1 Å². The lowest BCUT2D eigenvalue weighted by Gasteiger charge is -2.54. The quantitative estimate of drug-likeness (QED) is 0.149. The van der Waals surface area contributed by atoms with Crippen molar-refractivity contribution in [1.82, 2.24) is 19.6 Å². The van der Waals surface area contributed by atoms with E-state index in [1.165, 1.54) is 23.8 Å². The number of nitrogen functional groups attached to an aromatic ring is 1. The number of aromatic nitrogens is 2. The maximum Gasteiger partial charge on any atom is 0.352 e. The van der Waals surface area contributed by atoms with Crippen LogP contribution in [0, 0.1) is 0 Å². The molecule has 2 bridgehead atoms. The molecule has 1 aromatic rings. The molecule has 6 heterocycles. The Morgan fingerprint density at radius 3 is 2.60 bits per heavy atom. The molecular formula is C20H26N7O6S2+. The third-order valence-electron chi connectivity index (χ3n) is 7.27. The second kappa shape index (κ2) is 8.72. The molecule has 0 saturated carbocycles. The van der Waals surface area contributed by atoms with Crippen molar-refractivity contribution in [3.63, 3.8) is 0 Å². The van der Waals surface area contributed by atoms with Crippen molar-refractivity contribution in [2.45, 2.75) is 36.3 Å². The van der Waals surface area contributed by atoms with Crippen LogP contribution in [0.15, 0.2) is 16.4 Å². The van der Waals surface area contributed by atoms with Gasteiger partial charge in [0.15, 0.2) is 5.13 Å². The van der Waals surface area contributed by atoms with Crippen LogP contribution in [0.3, 0.4) is 0 Å². The Labute approximate surface area is 208 Å². The van der Waals surface area contributed by atoms with Gasteiger partial charge in [0.05, 0.1) is 25.2 Å². The van der Waals surface area contributed by atoms with Crippen molar-refractivity contribution in [1.29, 1.82) is 0 Å². The molecule has 0 radical (unpaired) electrons. The molecule has 2 amide bonds. The molecule has 0 aromatic carbocycles. The van der Waals surface area contributed by atoms with Gasteiger partial charge in [0, 0.05) is 42.1 Å². The summed E-state index contributed by atoms with van der Waals surface area (Å²) in [4.78, 5) is 48.1. The van der Waals surface area contributed by atoms with Gasteiger partial charge in [-0.25, -0.2) is 4.79 Å². The summed E-state index contributed by atoms with van der Waals surface area (Å²) in [5, 5.41) is 26.4. The molecule has 13 nitrogen and oxygen atoms in total. The van der Waals surface area contributed by atoms with Gasteiger partial charge in [-0.05, 0) is 0 Å². The second-order valence-corrected chi connectivity index (χ2v) is 11.2. The monoisotopic (exact) mass is 524 g/mol. The molecule has 1 aromatic heterocycles. The van der Waals surface area contributed by atoms with E-state index in [9.17, 15) is 24.6 Å². The number of anilines is 1. The van der Waals surface area contributed by atoms with Crippen molar-refractivity contribution in [3.05, 3.63) is 17.1 Å². The largest absolute Gasteiger partial charge is 0.477 e. The molecule has 2 atom stereocenters. The van der Waals surface area contributed by atoms with Gasteiger partial charge in [0.25, 0.3) is 11.8 Å². The molecule has 35 heavy (non-hydrogen) atoms. The molecule has 5 N–H and O–H groups in total. The minimum atomic E-state index is -1.16. The van der Waals surface area contributed by atoms with E-state index in [-0.39, 0.29) is 22.4 Å². The van der Waals surface area contributed by atoms with Crippen LogP contribution in [-0.2, 0) is 19.2 Å². The number of nitrogens with one attached hydrogen (secondary N) is 1. The first-order valence-corrected chi connectivity index (χ1v) is 13.0. The second-order valence-electron chi connectivity index (χ2n) is 9.34. The van der Waals surface area contributed by atoms with E-state index < -0.39 is 34.8 Å². The van der Waals surface area contributed by atoms with Gasteiger partial charge in [-0.1, -0.05) is 5.16 Å². The molecule has 0 unspecified atom stereocenters. The van der Waals surface area contributed by atoms with Crippen LogP contribution in [0.4, 0.5) is 5.13 Å². The number of rotatable bonds is 7. The SMILES string of the molecule is CON=C(C(=O)N[C@@H]1C(=O)N2C(C(=O)O)=C(C[N+]34CCC(O)(CC3)CC4)CS[C@@H]12)c1nsc(N)n1. The van der Waals surface area contributed by atoms with Gasteiger partial charge < -0.3 is 30.6 Å². The summed E-state index contributed by atoms with van der Waals surface area (Å²) in [6.07, 6.45) is 2.13. The lowest BCUT2D eigenvalue weighted by atomic mass is 9.81. The highest BCUT2D eigenvalue weighted by Crippen LogP contribution is 2.43. The van der Waals surface area contributed by atoms with E-state index >= 15 is 0 Å². The Morgan fingerprint density at radius 1 is 1.34 bits per heavy atom. The van der Waals surface area contributed by atoms with Crippen molar-refractivity contribution in [3.8, 4) is 0 Å². The zero-order valence-corrected chi connectivity index (χ0v) is 20.6. The van der Waals surface area contributed by atoms with Gasteiger partial charge in [-0.15, -0.1) is 11.8 Å². The van der Waals surface area contributed by atoms with Gasteiger partial charge in [0.2, 0.25) is 11.5 Å². The predicted molar refractivity (Wildman–Crippen MR) is 126 cm³/mol. The number of fused-ring (bicyclic) bond motifs is 4. The Balaban J connectivity index is 1.33. The van der Waals surface area contributed by atoms with E-state index in [1.54, 1.807) is 0 Å². The molecule has 188 valence electrons. The van der Waals surface area contributed by atoms with E-state index in [0.29, 0.717) is 37.1 Å². The summed E-state index contributed by atoms with van der Waals surface area (Å²) in [5.41, 5.74) is 5.50. The molecule has 15 heteroatoms. The van der Waals surface area contributed by atoms with Gasteiger partial charge >= 0.3 is 5.97 Å². The topological polar surface area (TPSA) is 180 Å². The summed E-state index contributed by atoms with van der Waals surface area (Å²) >= 11 is 2.31. The number of piperidine rings is 3. The fraction of sp³-hybridized carbons (Fsp3) is 0.600. The maximum atomic E-state index is 13.0. The van der Waals surface area contributed by atoms with Crippen LogP contribution < -0.4 is 11.1 Å². The van der Waals surface area contributed by atoms with Crippen LogP contribution >= 0.6 is 23.3 Å². The number of hydrogen-bond donors (Lipinski definition) is 4. The molecule has 5 aliphatic rings. The molecule has 0 spiro atoms. The lowest BCUT2D eigenvalue weighted by molar-refractivity contribution is -0.940. The standard InChI is InChI=1S/C20H25N7O6S2/c1-33-24-11(14-23-19(21)35-25-14)15(28)22-12-16(29)26-13(18(30)31)10(9-34-17(12)26)8-27-5-2-20(32,3-6-27)4-7-27/h12,17,32H,2-9H2,1H3,(H3-,21,22,23,25,28,30,31)/p+1/t12-,17+,20?,27?/m1/s1. The molecule has 4 saturated heterocycles. The molecule has 5 aliphatic heterocycles. The number of amides is 2. The summed E-state index contributed by atoms with van der Waals surface area (Å²) in [7, 11) is 1.26. The molecule has 4 fully saturated rings. The van der Waals surface area contributed by atoms with Gasteiger partial charge in [-0.2, -0.15) is 9.36 Å². The number of aliphatic hydroxyl groups is 1. The summed E-state index contributed by atoms with van der Waals surface area (Å²) in [6.45, 7) is 2.93. The number of hydrogen-bond acceptors (Lipinski definition) is 11. The first kappa shape index (κ1) is 24.0. The van der Waals surface area contributed by atoms with Crippen molar-refractivity contribution < 1.29 is 33.9 Å². The zero-order valence-electron chi connectivity index (χ0n) is 19.0. The van der Waals surface area contributed by atoms with E-state index in [0.717, 1.165) is 35.6 Å².